The maximum Gasteiger partial charge on any atom is 0.137 e. The molecule has 0 atom stereocenters. The molecule has 0 amide bonds. The first-order valence-corrected chi connectivity index (χ1v) is 6.03. The number of carbonyl (C=O) groups excluding carboxylic acids is 2. The van der Waals surface area contributed by atoms with Gasteiger partial charge in [-0.1, -0.05) is 13.1 Å². The molecule has 0 rings (SSSR count). The Balaban J connectivity index is 3.54. The summed E-state index contributed by atoms with van der Waals surface area (Å²) in [5, 5.41) is 0. The van der Waals surface area contributed by atoms with Crippen LogP contribution in [0.15, 0.2) is 0 Å². The zero-order valence-electron chi connectivity index (χ0n) is 6.73. The minimum atomic E-state index is -0.481. The van der Waals surface area contributed by atoms with Gasteiger partial charge < -0.3 is 0 Å². The Morgan fingerprint density at radius 1 is 1.30 bits per heavy atom. The summed E-state index contributed by atoms with van der Waals surface area (Å²) < 4.78 is 0. The lowest BCUT2D eigenvalue weighted by Gasteiger charge is -1.98. The number of Topliss-reactive ketones (excluding diaryl/α,β-unsaturated/α-hetero) is 2. The maximum atomic E-state index is 10.9. The van der Waals surface area contributed by atoms with Gasteiger partial charge in [-0.05, 0) is 13.0 Å². The Bertz CT molecular complexity index is 141. The van der Waals surface area contributed by atoms with E-state index in [1.54, 1.807) is 0 Å². The van der Waals surface area contributed by atoms with Gasteiger partial charge in [-0.25, -0.2) is 0 Å². The Morgan fingerprint density at radius 2 is 1.80 bits per heavy atom. The molecule has 0 aromatic carbocycles. The van der Waals surface area contributed by atoms with E-state index in [9.17, 15) is 9.59 Å². The first kappa shape index (κ1) is 9.56. The smallest absolute Gasteiger partial charge is 0.137 e. The van der Waals surface area contributed by atoms with Crippen LogP contribution in [0.2, 0.25) is 19.1 Å². The van der Waals surface area contributed by atoms with E-state index in [4.69, 9.17) is 0 Å². The summed E-state index contributed by atoms with van der Waals surface area (Å²) in [6, 6.07) is 0.629. The van der Waals surface area contributed by atoms with Crippen LogP contribution in [-0.4, -0.2) is 20.4 Å². The summed E-state index contributed by atoms with van der Waals surface area (Å²) in [5.41, 5.74) is 0. The fourth-order valence-corrected chi connectivity index (χ4v) is 1.65. The lowest BCUT2D eigenvalue weighted by Crippen LogP contribution is -2.11. The van der Waals surface area contributed by atoms with Crippen LogP contribution in [0.5, 0.6) is 0 Å². The van der Waals surface area contributed by atoms with Crippen molar-refractivity contribution in [3.8, 4) is 0 Å². The molecule has 2 nitrogen and oxygen atoms in total. The van der Waals surface area contributed by atoms with Crippen molar-refractivity contribution in [3.05, 3.63) is 0 Å². The van der Waals surface area contributed by atoms with Crippen molar-refractivity contribution in [2.75, 3.05) is 0 Å². The third-order valence-corrected chi connectivity index (χ3v) is 2.10. The SMILES string of the molecule is CC(=O)CC(=O)C[Si](C)C. The minimum absolute atomic E-state index is 0.0201. The van der Waals surface area contributed by atoms with Gasteiger partial charge in [0.2, 0.25) is 0 Å². The summed E-state index contributed by atoms with van der Waals surface area (Å²) in [4.78, 5) is 21.3. The van der Waals surface area contributed by atoms with Gasteiger partial charge in [-0.15, -0.1) is 0 Å². The third kappa shape index (κ3) is 5.69. The first-order valence-electron chi connectivity index (χ1n) is 3.32. The van der Waals surface area contributed by atoms with Crippen LogP contribution in [-0.2, 0) is 9.59 Å². The summed E-state index contributed by atoms with van der Waals surface area (Å²) in [5.74, 6) is 0.0830. The molecule has 0 unspecified atom stereocenters. The van der Waals surface area contributed by atoms with Gasteiger partial charge in [0, 0.05) is 8.80 Å². The zero-order chi connectivity index (χ0) is 8.15. The van der Waals surface area contributed by atoms with Crippen LogP contribution in [0.25, 0.3) is 0 Å². The Kier molecular flexibility index (Phi) is 4.19. The molecule has 1 radical (unpaired) electrons. The number of ketones is 2. The molecule has 0 N–H and O–H groups in total. The zero-order valence-corrected chi connectivity index (χ0v) is 7.73. The topological polar surface area (TPSA) is 34.1 Å². The lowest BCUT2D eigenvalue weighted by molar-refractivity contribution is -0.124. The molecule has 0 saturated carbocycles. The van der Waals surface area contributed by atoms with Gasteiger partial charge in [-0.3, -0.25) is 9.59 Å². The molecule has 0 heterocycles. The number of hydrogen-bond donors (Lipinski definition) is 0. The molecule has 0 spiro atoms. The van der Waals surface area contributed by atoms with Gasteiger partial charge in [-0.2, -0.15) is 0 Å². The van der Waals surface area contributed by atoms with Crippen LogP contribution in [0.1, 0.15) is 13.3 Å². The van der Waals surface area contributed by atoms with E-state index in [0.717, 1.165) is 0 Å². The molecule has 0 aliphatic carbocycles. The molecule has 0 aliphatic rings. The Labute approximate surface area is 63.2 Å². The molecule has 57 valence electrons. The maximum absolute atomic E-state index is 10.9. The number of hydrogen-bond acceptors (Lipinski definition) is 2. The molecule has 0 aromatic heterocycles. The minimum Gasteiger partial charge on any atom is -0.300 e. The largest absolute Gasteiger partial charge is 0.300 e. The van der Waals surface area contributed by atoms with Gasteiger partial charge in [0.25, 0.3) is 0 Å². The van der Waals surface area contributed by atoms with Crippen LogP contribution in [0, 0.1) is 0 Å². The number of rotatable bonds is 4. The van der Waals surface area contributed by atoms with Crippen LogP contribution in [0.3, 0.4) is 0 Å². The monoisotopic (exact) mass is 157 g/mol. The van der Waals surface area contributed by atoms with Gasteiger partial charge in [0.05, 0.1) is 6.42 Å². The fraction of sp³-hybridized carbons (Fsp3) is 0.714. The molecule has 0 bridgehead atoms. The molecule has 10 heavy (non-hydrogen) atoms. The highest BCUT2D eigenvalue weighted by atomic mass is 28.3. The second kappa shape index (κ2) is 4.38. The van der Waals surface area contributed by atoms with E-state index >= 15 is 0 Å². The average Bonchev–Trinajstić information content (AvgIpc) is 1.58. The molecule has 3 heteroatoms. The first-order chi connectivity index (χ1) is 4.52. The Morgan fingerprint density at radius 3 is 2.10 bits per heavy atom. The predicted octanol–water partition coefficient (Wildman–Crippen LogP) is 1.29. The van der Waals surface area contributed by atoms with Crippen molar-refractivity contribution in [1.29, 1.82) is 0 Å². The highest BCUT2D eigenvalue weighted by Crippen LogP contribution is 1.96. The number of carbonyl (C=O) groups is 2. The molecule has 0 aliphatic heterocycles. The van der Waals surface area contributed by atoms with Crippen molar-refractivity contribution in [1.82, 2.24) is 0 Å². The van der Waals surface area contributed by atoms with E-state index in [0.29, 0.717) is 6.04 Å². The van der Waals surface area contributed by atoms with Crippen LogP contribution >= 0.6 is 0 Å². The van der Waals surface area contributed by atoms with Crippen LogP contribution in [0.4, 0.5) is 0 Å². The summed E-state index contributed by atoms with van der Waals surface area (Å²) >= 11 is 0. The highest BCUT2D eigenvalue weighted by Gasteiger charge is 2.07. The van der Waals surface area contributed by atoms with Crippen molar-refractivity contribution < 1.29 is 9.59 Å². The van der Waals surface area contributed by atoms with Crippen molar-refractivity contribution in [3.63, 3.8) is 0 Å². The molecular weight excluding hydrogens is 144 g/mol. The van der Waals surface area contributed by atoms with Gasteiger partial charge in [0.15, 0.2) is 0 Å². The highest BCUT2D eigenvalue weighted by molar-refractivity contribution is 6.59. The third-order valence-electron chi connectivity index (χ3n) is 0.997. The molecular formula is C7H13O2Si. The van der Waals surface area contributed by atoms with Crippen molar-refractivity contribution in [2.24, 2.45) is 0 Å². The van der Waals surface area contributed by atoms with E-state index in [1.165, 1.54) is 6.92 Å². The van der Waals surface area contributed by atoms with Crippen LogP contribution < -0.4 is 0 Å². The summed E-state index contributed by atoms with van der Waals surface area (Å²) in [6.07, 6.45) is 0.135. The van der Waals surface area contributed by atoms with E-state index < -0.39 is 8.80 Å². The predicted molar refractivity (Wildman–Crippen MR) is 42.6 cm³/mol. The standard InChI is InChI=1S/C7H13O2Si/c1-6(8)4-7(9)5-10(2)3/h4-5H2,1-3H3. The van der Waals surface area contributed by atoms with E-state index in [2.05, 4.69) is 13.1 Å². The molecule has 0 fully saturated rings. The van der Waals surface area contributed by atoms with Gasteiger partial charge in [0.1, 0.15) is 11.6 Å². The fourth-order valence-electron chi connectivity index (χ4n) is 0.735. The van der Waals surface area contributed by atoms with E-state index in [1.807, 2.05) is 0 Å². The van der Waals surface area contributed by atoms with E-state index in [-0.39, 0.29) is 18.0 Å². The second-order valence-electron chi connectivity index (χ2n) is 2.80. The molecule has 0 aromatic rings. The normalized spacial score (nSPS) is 10.0. The molecule has 0 saturated heterocycles. The van der Waals surface area contributed by atoms with Crippen molar-refractivity contribution in [2.45, 2.75) is 32.5 Å². The quantitative estimate of drug-likeness (QED) is 0.455. The van der Waals surface area contributed by atoms with Gasteiger partial charge >= 0.3 is 0 Å². The lowest BCUT2D eigenvalue weighted by atomic mass is 10.2. The Hall–Kier alpha value is -0.443. The summed E-state index contributed by atoms with van der Waals surface area (Å²) in [6.45, 7) is 5.60. The van der Waals surface area contributed by atoms with Crippen molar-refractivity contribution >= 4 is 20.4 Å². The average molecular weight is 157 g/mol. The summed E-state index contributed by atoms with van der Waals surface area (Å²) in [7, 11) is -0.481. The second-order valence-corrected chi connectivity index (χ2v) is 5.57.